The summed E-state index contributed by atoms with van der Waals surface area (Å²) < 4.78 is 0. The van der Waals surface area contributed by atoms with Crippen LogP contribution < -0.4 is 5.43 Å². The molecule has 0 spiro atoms. The smallest absolute Gasteiger partial charge is 0.220 e. The molecule has 0 saturated carbocycles. The zero-order valence-electron chi connectivity index (χ0n) is 14.5. The van der Waals surface area contributed by atoms with Crippen LogP contribution >= 0.6 is 0 Å². The summed E-state index contributed by atoms with van der Waals surface area (Å²) in [4.78, 5) is 11.3. The summed E-state index contributed by atoms with van der Waals surface area (Å²) in [5, 5.41) is 75.8. The lowest BCUT2D eigenvalue weighted by Crippen LogP contribution is -1.93. The van der Waals surface area contributed by atoms with E-state index < -0.39 is 34.2 Å². The number of hydrogen-bond donors (Lipinski definition) is 9. The molecule has 12 nitrogen and oxygen atoms in total. The molecule has 0 unspecified atom stereocenters. The summed E-state index contributed by atoms with van der Waals surface area (Å²) in [6.45, 7) is 0. The van der Waals surface area contributed by atoms with E-state index in [1.807, 2.05) is 0 Å². The maximum atomic E-state index is 11.3. The van der Waals surface area contributed by atoms with Crippen LogP contribution in [-0.2, 0) is 0 Å². The third-order valence-corrected chi connectivity index (χ3v) is 3.27. The summed E-state index contributed by atoms with van der Waals surface area (Å²) in [7, 11) is 0. The number of hydrogen-bond acceptors (Lipinski definition) is 10. The van der Waals surface area contributed by atoms with Crippen molar-refractivity contribution in [3.8, 4) is 40.2 Å². The normalized spacial score (nSPS) is 8.90. The van der Waals surface area contributed by atoms with E-state index in [4.69, 9.17) is 25.8 Å². The topological polar surface area (TPSA) is 262 Å². The SMILES string of the molecule is O.O.O=c1cccc2cc(O)c(O)c(O)c2c1O.OO.Oc1cccc(O)c1O. The number of phenolic OH excluding ortho intramolecular Hbond substituents is 6. The fourth-order valence-electron chi connectivity index (χ4n) is 2.01. The van der Waals surface area contributed by atoms with Crippen molar-refractivity contribution < 1.29 is 57.2 Å². The van der Waals surface area contributed by atoms with Gasteiger partial charge in [-0.1, -0.05) is 18.2 Å². The Kier molecular flexibility index (Phi) is 11.0. The Morgan fingerprint density at radius 3 is 1.52 bits per heavy atom. The Balaban J connectivity index is 0. The summed E-state index contributed by atoms with van der Waals surface area (Å²) in [6, 6.07) is 9.07. The van der Waals surface area contributed by atoms with Gasteiger partial charge in [-0.2, -0.15) is 0 Å². The molecule has 0 amide bonds. The standard InChI is InChI=1S/C11H8O5.C6H6O3.H2O2.2H2O/c12-6-3-1-2-5-4-7(13)10(15)11(16)8(5)9(6)14;7-4-2-1-3-5(8)6(4)9;1-2;;/h1-4,13,15-16H,(H,12,14);1-3,7-9H;1-2H;2*1H2. The third kappa shape index (κ3) is 6.02. The second-order valence-corrected chi connectivity index (χ2v) is 4.94. The van der Waals surface area contributed by atoms with Crippen molar-refractivity contribution in [1.29, 1.82) is 0 Å². The molecule has 0 bridgehead atoms. The molecule has 0 saturated heterocycles. The molecule has 0 atom stereocenters. The second-order valence-electron chi connectivity index (χ2n) is 4.94. The van der Waals surface area contributed by atoms with Gasteiger partial charge in [-0.3, -0.25) is 15.3 Å². The van der Waals surface area contributed by atoms with Crippen molar-refractivity contribution in [2.24, 2.45) is 0 Å². The van der Waals surface area contributed by atoms with E-state index in [-0.39, 0.29) is 33.2 Å². The van der Waals surface area contributed by atoms with E-state index in [0.29, 0.717) is 0 Å². The van der Waals surface area contributed by atoms with Crippen LogP contribution in [0.25, 0.3) is 10.8 Å². The van der Waals surface area contributed by atoms with Gasteiger partial charge in [0, 0.05) is 0 Å². The lowest BCUT2D eigenvalue weighted by Gasteiger charge is -2.04. The largest absolute Gasteiger partial charge is 0.504 e. The first-order valence-electron chi connectivity index (χ1n) is 7.03. The van der Waals surface area contributed by atoms with Gasteiger partial charge in [0.2, 0.25) is 11.2 Å². The Labute approximate surface area is 161 Å². The van der Waals surface area contributed by atoms with E-state index in [1.165, 1.54) is 30.3 Å². The number of benzene rings is 2. The fourth-order valence-corrected chi connectivity index (χ4v) is 2.01. The minimum atomic E-state index is -0.770. The van der Waals surface area contributed by atoms with E-state index in [0.717, 1.165) is 12.1 Å². The van der Waals surface area contributed by atoms with Crippen LogP contribution in [0.4, 0.5) is 0 Å². The van der Waals surface area contributed by atoms with Crippen molar-refractivity contribution in [2.45, 2.75) is 0 Å². The molecule has 0 aromatic heterocycles. The highest BCUT2D eigenvalue weighted by molar-refractivity contribution is 5.96. The molecule has 0 aliphatic rings. The van der Waals surface area contributed by atoms with Crippen molar-refractivity contribution in [1.82, 2.24) is 0 Å². The van der Waals surface area contributed by atoms with E-state index >= 15 is 0 Å². The molecule has 160 valence electrons. The zero-order chi connectivity index (χ0) is 20.7. The quantitative estimate of drug-likeness (QED) is 0.136. The van der Waals surface area contributed by atoms with Crippen LogP contribution in [0.15, 0.2) is 47.3 Å². The number of aromatic hydroxyl groups is 7. The predicted octanol–water partition coefficient (Wildman–Crippen LogP) is 0.194. The molecule has 0 heterocycles. The lowest BCUT2D eigenvalue weighted by atomic mass is 10.1. The first kappa shape index (κ1) is 27.3. The van der Waals surface area contributed by atoms with Crippen LogP contribution in [-0.4, -0.2) is 57.2 Å². The van der Waals surface area contributed by atoms with Gasteiger partial charge in [0.15, 0.2) is 34.5 Å². The van der Waals surface area contributed by atoms with Crippen LogP contribution in [0.2, 0.25) is 0 Å². The third-order valence-electron chi connectivity index (χ3n) is 3.27. The average molecular weight is 416 g/mol. The first-order valence-corrected chi connectivity index (χ1v) is 7.03. The summed E-state index contributed by atoms with van der Waals surface area (Å²) in [6.07, 6.45) is 0. The molecule has 3 rings (SSSR count). The molecule has 0 radical (unpaired) electrons. The number of fused-ring (bicyclic) bond motifs is 1. The maximum Gasteiger partial charge on any atom is 0.220 e. The van der Waals surface area contributed by atoms with Gasteiger partial charge in [-0.25, -0.2) is 0 Å². The summed E-state index contributed by atoms with van der Waals surface area (Å²) in [5.74, 6) is -3.78. The Hall–Kier alpha value is -3.97. The van der Waals surface area contributed by atoms with Crippen molar-refractivity contribution in [2.75, 3.05) is 0 Å². The number of rotatable bonds is 0. The van der Waals surface area contributed by atoms with Gasteiger partial charge in [-0.05, 0) is 29.7 Å². The van der Waals surface area contributed by atoms with E-state index in [2.05, 4.69) is 0 Å². The van der Waals surface area contributed by atoms with Crippen molar-refractivity contribution >= 4 is 10.8 Å². The van der Waals surface area contributed by atoms with E-state index in [1.54, 1.807) is 0 Å². The highest BCUT2D eigenvalue weighted by atomic mass is 17.0. The average Bonchev–Trinajstić information content (AvgIpc) is 2.79. The number of phenols is 6. The summed E-state index contributed by atoms with van der Waals surface area (Å²) in [5.41, 5.74) is -0.685. The minimum absolute atomic E-state index is 0. The molecular formula is C17H20O12. The van der Waals surface area contributed by atoms with Gasteiger partial charge in [-0.15, -0.1) is 0 Å². The highest BCUT2D eigenvalue weighted by Gasteiger charge is 2.14. The Bertz CT molecular complexity index is 983. The molecular weight excluding hydrogens is 396 g/mol. The predicted molar refractivity (Wildman–Crippen MR) is 101 cm³/mol. The van der Waals surface area contributed by atoms with Crippen molar-refractivity contribution in [3.05, 3.63) is 52.7 Å². The molecule has 0 fully saturated rings. The molecule has 13 N–H and O–H groups in total. The maximum absolute atomic E-state index is 11.3. The van der Waals surface area contributed by atoms with Crippen LogP contribution in [0.1, 0.15) is 0 Å². The van der Waals surface area contributed by atoms with Crippen molar-refractivity contribution in [3.63, 3.8) is 0 Å². The minimum Gasteiger partial charge on any atom is -0.504 e. The highest BCUT2D eigenvalue weighted by Crippen LogP contribution is 2.42. The van der Waals surface area contributed by atoms with Crippen LogP contribution in [0, 0.1) is 0 Å². The first-order chi connectivity index (χ1) is 12.7. The second kappa shape index (κ2) is 11.7. The van der Waals surface area contributed by atoms with Gasteiger partial charge in [0.25, 0.3) is 0 Å². The molecule has 29 heavy (non-hydrogen) atoms. The molecule has 12 heteroatoms. The van der Waals surface area contributed by atoms with Crippen LogP contribution in [0.5, 0.6) is 40.2 Å². The van der Waals surface area contributed by atoms with E-state index in [9.17, 15) is 25.2 Å². The zero-order valence-corrected chi connectivity index (χ0v) is 14.5. The monoisotopic (exact) mass is 416 g/mol. The molecule has 0 aliphatic carbocycles. The summed E-state index contributed by atoms with van der Waals surface area (Å²) >= 11 is 0. The number of para-hydroxylation sites is 1. The van der Waals surface area contributed by atoms with Gasteiger partial charge in [0.1, 0.15) is 0 Å². The lowest BCUT2D eigenvalue weighted by molar-refractivity contribution is -0.176. The molecule has 3 aromatic rings. The molecule has 0 aliphatic heterocycles. The fraction of sp³-hybridized carbons (Fsp3) is 0. The van der Waals surface area contributed by atoms with Crippen LogP contribution in [0.3, 0.4) is 0 Å². The van der Waals surface area contributed by atoms with Gasteiger partial charge < -0.3 is 46.7 Å². The van der Waals surface area contributed by atoms with Gasteiger partial charge in [0.05, 0.1) is 5.39 Å². The Morgan fingerprint density at radius 2 is 1.03 bits per heavy atom. The van der Waals surface area contributed by atoms with Gasteiger partial charge >= 0.3 is 0 Å². The Morgan fingerprint density at radius 1 is 0.552 bits per heavy atom. The molecule has 3 aromatic carbocycles.